The first-order valence-electron chi connectivity index (χ1n) is 28.7. The van der Waals surface area contributed by atoms with Crippen LogP contribution in [0.1, 0.15) is 44.5 Å². The van der Waals surface area contributed by atoms with Gasteiger partial charge in [-0.3, -0.25) is 0 Å². The third-order valence-corrected chi connectivity index (χ3v) is 18.8. The third kappa shape index (κ3) is 5.87. The summed E-state index contributed by atoms with van der Waals surface area (Å²) in [7, 11) is 0. The van der Waals surface area contributed by atoms with E-state index in [1.807, 2.05) is 0 Å². The van der Waals surface area contributed by atoms with E-state index in [1.165, 1.54) is 128 Å². The van der Waals surface area contributed by atoms with Crippen molar-refractivity contribution in [1.82, 2.24) is 4.57 Å². The molecule has 18 rings (SSSR count). The van der Waals surface area contributed by atoms with Crippen molar-refractivity contribution in [2.75, 3.05) is 4.90 Å². The molecule has 2 nitrogen and oxygen atoms in total. The number of hydrogen-bond donors (Lipinski definition) is 0. The lowest BCUT2D eigenvalue weighted by molar-refractivity contribution is 0.749. The topological polar surface area (TPSA) is 8.17 Å². The van der Waals surface area contributed by atoms with Crippen LogP contribution in [0, 0.1) is 0 Å². The Morgan fingerprint density at radius 2 is 0.720 bits per heavy atom. The van der Waals surface area contributed by atoms with E-state index in [-0.39, 0.29) is 0 Å². The summed E-state index contributed by atoms with van der Waals surface area (Å²) < 4.78 is 2.53. The quantitative estimate of drug-likeness (QED) is 0.161. The molecule has 0 saturated heterocycles. The second-order valence-electron chi connectivity index (χ2n) is 22.6. The average Bonchev–Trinajstić information content (AvgIpc) is 1.72. The van der Waals surface area contributed by atoms with E-state index in [9.17, 15) is 0 Å². The van der Waals surface area contributed by atoms with E-state index < -0.39 is 10.8 Å². The fourth-order valence-electron chi connectivity index (χ4n) is 15.7. The molecule has 14 aromatic rings. The zero-order valence-corrected chi connectivity index (χ0v) is 44.8. The zero-order valence-electron chi connectivity index (χ0n) is 44.8. The number of benzene rings is 13. The molecule has 2 spiro atoms. The molecule has 380 valence electrons. The van der Waals surface area contributed by atoms with Gasteiger partial charge in [-0.05, 0) is 149 Å². The smallest absolute Gasteiger partial charge is 0.0754 e. The van der Waals surface area contributed by atoms with Gasteiger partial charge in [0.15, 0.2) is 0 Å². The molecular weight excluding hydrogens is 989 g/mol. The highest BCUT2D eigenvalue weighted by atomic mass is 15.1. The number of nitrogens with zero attached hydrogens (tertiary/aromatic N) is 2. The minimum absolute atomic E-state index is 0.486. The molecule has 2 heterocycles. The van der Waals surface area contributed by atoms with Gasteiger partial charge in [-0.2, -0.15) is 0 Å². The van der Waals surface area contributed by atoms with E-state index in [0.29, 0.717) is 0 Å². The maximum Gasteiger partial charge on any atom is 0.0754 e. The van der Waals surface area contributed by atoms with Crippen LogP contribution in [-0.4, -0.2) is 4.57 Å². The van der Waals surface area contributed by atoms with Gasteiger partial charge in [0.05, 0.1) is 38.9 Å². The first-order valence-corrected chi connectivity index (χ1v) is 28.7. The Morgan fingerprint density at radius 1 is 0.256 bits per heavy atom. The molecule has 0 saturated carbocycles. The van der Waals surface area contributed by atoms with E-state index in [0.717, 1.165) is 28.2 Å². The van der Waals surface area contributed by atoms with Gasteiger partial charge in [0.2, 0.25) is 0 Å². The minimum atomic E-state index is -0.539. The SMILES string of the molecule is c1ccc(-c2cccc(-c3ccccc3N(c3ccc(-c4ccc5c(c4)C4(c6ccccc6-5)c5ccccc5-n5c6ccccc6c6cccc4c65)cc3)c3cccc4c3-c3ccccc3C43c4ccccc4-c4ccccc43)c2)cc1. The number of para-hydroxylation sites is 4. The van der Waals surface area contributed by atoms with Crippen molar-refractivity contribution in [3.05, 3.63) is 348 Å². The van der Waals surface area contributed by atoms with Gasteiger partial charge >= 0.3 is 0 Å². The highest BCUT2D eigenvalue weighted by Crippen LogP contribution is 2.66. The van der Waals surface area contributed by atoms with Crippen molar-refractivity contribution in [3.8, 4) is 72.4 Å². The molecule has 0 bridgehead atoms. The maximum atomic E-state index is 2.54. The highest BCUT2D eigenvalue weighted by Gasteiger charge is 2.53. The van der Waals surface area contributed by atoms with Crippen LogP contribution >= 0.6 is 0 Å². The lowest BCUT2D eigenvalue weighted by Crippen LogP contribution is -2.33. The molecule has 3 aliphatic carbocycles. The molecular formula is C80H50N2. The fraction of sp³-hybridized carbons (Fsp3) is 0.0250. The van der Waals surface area contributed by atoms with Crippen LogP contribution < -0.4 is 4.90 Å². The van der Waals surface area contributed by atoms with Crippen LogP contribution in [0.15, 0.2) is 303 Å². The van der Waals surface area contributed by atoms with E-state index >= 15 is 0 Å². The van der Waals surface area contributed by atoms with Crippen molar-refractivity contribution >= 4 is 38.9 Å². The molecule has 1 atom stereocenters. The molecule has 0 radical (unpaired) electrons. The predicted octanol–water partition coefficient (Wildman–Crippen LogP) is 20.3. The monoisotopic (exact) mass is 1040 g/mol. The molecule has 1 aliphatic heterocycles. The summed E-state index contributed by atoms with van der Waals surface area (Å²) in [6.45, 7) is 0. The van der Waals surface area contributed by atoms with Gasteiger partial charge in [-0.15, -0.1) is 0 Å². The molecule has 4 aliphatic rings. The van der Waals surface area contributed by atoms with Crippen molar-refractivity contribution in [2.45, 2.75) is 10.8 Å². The van der Waals surface area contributed by atoms with Crippen LogP contribution in [0.3, 0.4) is 0 Å². The summed E-state index contributed by atoms with van der Waals surface area (Å²) in [5.41, 5.74) is 31.4. The Kier molecular flexibility index (Phi) is 9.39. The number of aromatic nitrogens is 1. The van der Waals surface area contributed by atoms with Crippen LogP contribution in [0.5, 0.6) is 0 Å². The lowest BCUT2D eigenvalue weighted by atomic mass is 9.65. The molecule has 0 fully saturated rings. The average molecular weight is 1040 g/mol. The molecule has 82 heavy (non-hydrogen) atoms. The highest BCUT2D eigenvalue weighted by molar-refractivity contribution is 6.13. The first kappa shape index (κ1) is 45.3. The Morgan fingerprint density at radius 3 is 1.46 bits per heavy atom. The maximum absolute atomic E-state index is 2.54. The van der Waals surface area contributed by atoms with Gasteiger partial charge < -0.3 is 9.47 Å². The van der Waals surface area contributed by atoms with Crippen molar-refractivity contribution < 1.29 is 0 Å². The van der Waals surface area contributed by atoms with Gasteiger partial charge in [0.25, 0.3) is 0 Å². The molecule has 0 N–H and O–H groups in total. The lowest BCUT2D eigenvalue weighted by Gasteiger charge is -2.39. The number of fused-ring (bicyclic) bond motifs is 22. The van der Waals surface area contributed by atoms with Crippen molar-refractivity contribution in [3.63, 3.8) is 0 Å². The third-order valence-electron chi connectivity index (χ3n) is 18.8. The van der Waals surface area contributed by atoms with Crippen LogP contribution in [0.4, 0.5) is 17.1 Å². The minimum Gasteiger partial charge on any atom is -0.309 e. The largest absolute Gasteiger partial charge is 0.309 e. The molecule has 1 aromatic heterocycles. The molecule has 2 heteroatoms. The van der Waals surface area contributed by atoms with E-state index in [4.69, 9.17) is 0 Å². The Hall–Kier alpha value is -10.5. The van der Waals surface area contributed by atoms with Gasteiger partial charge in [-0.25, -0.2) is 0 Å². The second kappa shape index (κ2) is 17.0. The number of hydrogen-bond acceptors (Lipinski definition) is 1. The molecule has 1 unspecified atom stereocenters. The van der Waals surface area contributed by atoms with E-state index in [2.05, 4.69) is 313 Å². The van der Waals surface area contributed by atoms with Crippen molar-refractivity contribution in [2.24, 2.45) is 0 Å². The zero-order chi connectivity index (χ0) is 53.7. The van der Waals surface area contributed by atoms with Crippen molar-refractivity contribution in [1.29, 1.82) is 0 Å². The summed E-state index contributed by atoms with van der Waals surface area (Å²) in [6, 6.07) is 114. The van der Waals surface area contributed by atoms with Gasteiger partial charge in [-0.1, -0.05) is 255 Å². The van der Waals surface area contributed by atoms with E-state index in [1.54, 1.807) is 0 Å². The summed E-state index contributed by atoms with van der Waals surface area (Å²) in [5, 5.41) is 2.57. The predicted molar refractivity (Wildman–Crippen MR) is 339 cm³/mol. The summed E-state index contributed by atoms with van der Waals surface area (Å²) >= 11 is 0. The molecule has 13 aromatic carbocycles. The van der Waals surface area contributed by atoms with Crippen LogP contribution in [-0.2, 0) is 10.8 Å². The standard InChI is InChI=1S/C80H50N2/c1-2-21-51(22-3-1)53-23-18-24-55(49-53)57-25-8-15-39-73(57)81(76-42-20-37-70-77(76)64-30-7-13-35-68(64)79(70)65-32-10-4-26-58(65)59-27-5-11-33-66(59)79)56-46-43-52(44-47-56)54-45-48-61-60-28-6-12-34-67(60)80(72(61)50-54)69-36-14-17-41-75(69)82-74-40-16-9-29-62(74)63-31-19-38-71(80)78(63)82/h1-50H. The normalized spacial score (nSPS) is 15.0. The summed E-state index contributed by atoms with van der Waals surface area (Å²) in [5.74, 6) is 0. The summed E-state index contributed by atoms with van der Waals surface area (Å²) in [6.07, 6.45) is 0. The summed E-state index contributed by atoms with van der Waals surface area (Å²) in [4.78, 5) is 2.54. The Labute approximate surface area is 476 Å². The van der Waals surface area contributed by atoms with Gasteiger partial charge in [0.1, 0.15) is 0 Å². The number of anilines is 3. The molecule has 0 amide bonds. The van der Waals surface area contributed by atoms with Crippen LogP contribution in [0.2, 0.25) is 0 Å². The fourth-order valence-corrected chi connectivity index (χ4v) is 15.7. The Bertz CT molecular complexity index is 4960. The van der Waals surface area contributed by atoms with Crippen LogP contribution in [0.25, 0.3) is 94.3 Å². The first-order chi connectivity index (χ1) is 40.7. The second-order valence-corrected chi connectivity index (χ2v) is 22.6. The van der Waals surface area contributed by atoms with Gasteiger partial charge in [0, 0.05) is 27.6 Å². The Balaban J connectivity index is 0.847. The number of rotatable bonds is 6.